The second kappa shape index (κ2) is 7.21. The van der Waals surface area contributed by atoms with E-state index in [0.717, 1.165) is 10.4 Å². The van der Waals surface area contributed by atoms with E-state index in [1.54, 1.807) is 12.1 Å². The summed E-state index contributed by atoms with van der Waals surface area (Å²) in [6.45, 7) is 5.04. The van der Waals surface area contributed by atoms with Gasteiger partial charge in [0.25, 0.3) is 0 Å². The van der Waals surface area contributed by atoms with Gasteiger partial charge in [-0.15, -0.1) is 22.7 Å². The van der Waals surface area contributed by atoms with Crippen molar-refractivity contribution in [1.29, 1.82) is 0 Å². The fraction of sp³-hybridized carbons (Fsp3) is 0.385. The lowest BCUT2D eigenvalue weighted by molar-refractivity contribution is 0.582. The van der Waals surface area contributed by atoms with E-state index in [1.807, 2.05) is 11.4 Å². The van der Waals surface area contributed by atoms with Crippen LogP contribution in [0, 0.1) is 0 Å². The second-order valence-electron chi connectivity index (χ2n) is 4.84. The van der Waals surface area contributed by atoms with Gasteiger partial charge in [0.15, 0.2) is 0 Å². The van der Waals surface area contributed by atoms with Crippen LogP contribution in [0.15, 0.2) is 27.8 Å². The monoisotopic (exact) mass is 364 g/mol. The van der Waals surface area contributed by atoms with E-state index in [2.05, 4.69) is 23.9 Å². The van der Waals surface area contributed by atoms with Gasteiger partial charge in [0.05, 0.1) is 4.34 Å². The molecular formula is C13H17ClN2O2S3. The minimum absolute atomic E-state index is 0.261. The lowest BCUT2D eigenvalue weighted by atomic mass is 10.3. The first-order valence-corrected chi connectivity index (χ1v) is 9.97. The predicted octanol–water partition coefficient (Wildman–Crippen LogP) is 3.44. The summed E-state index contributed by atoms with van der Waals surface area (Å²) in [5.41, 5.74) is 0.980. The standard InChI is InChI=1S/C13H17ClN2O2S3/c1-9(2)15-6-10-5-13(19-8-10)21(17,18)16-7-11-3-4-12(14)20-11/h3-5,8-9,15-16H,6-7H2,1-2H3. The molecule has 2 heterocycles. The van der Waals surface area contributed by atoms with Crippen LogP contribution in [0.2, 0.25) is 4.34 Å². The molecule has 0 unspecified atom stereocenters. The van der Waals surface area contributed by atoms with Crippen LogP contribution in [0.4, 0.5) is 0 Å². The number of halogens is 1. The van der Waals surface area contributed by atoms with Crippen LogP contribution >= 0.6 is 34.3 Å². The SMILES string of the molecule is CC(C)NCc1csc(S(=O)(=O)NCc2ccc(Cl)s2)c1. The van der Waals surface area contributed by atoms with E-state index in [0.29, 0.717) is 21.1 Å². The Morgan fingerprint density at radius 1 is 1.29 bits per heavy atom. The molecule has 116 valence electrons. The molecule has 0 fully saturated rings. The van der Waals surface area contributed by atoms with Crippen LogP contribution < -0.4 is 10.0 Å². The van der Waals surface area contributed by atoms with Crippen molar-refractivity contribution in [1.82, 2.24) is 10.0 Å². The summed E-state index contributed by atoms with van der Waals surface area (Å²) < 4.78 is 28.0. The molecule has 0 aliphatic heterocycles. The van der Waals surface area contributed by atoms with E-state index in [-0.39, 0.29) is 6.54 Å². The molecule has 0 aromatic carbocycles. The lowest BCUT2D eigenvalue weighted by Crippen LogP contribution is -2.22. The van der Waals surface area contributed by atoms with Gasteiger partial charge in [0.1, 0.15) is 4.21 Å². The van der Waals surface area contributed by atoms with E-state index >= 15 is 0 Å². The molecule has 0 saturated heterocycles. The molecule has 0 radical (unpaired) electrons. The van der Waals surface area contributed by atoms with E-state index in [9.17, 15) is 8.42 Å². The van der Waals surface area contributed by atoms with Crippen LogP contribution in [-0.2, 0) is 23.1 Å². The number of nitrogens with one attached hydrogen (secondary N) is 2. The molecule has 0 spiro atoms. The Balaban J connectivity index is 1.99. The van der Waals surface area contributed by atoms with Gasteiger partial charge >= 0.3 is 0 Å². The quantitative estimate of drug-likeness (QED) is 0.791. The molecule has 2 aromatic rings. The van der Waals surface area contributed by atoms with Crippen LogP contribution in [0.3, 0.4) is 0 Å². The topological polar surface area (TPSA) is 58.2 Å². The lowest BCUT2D eigenvalue weighted by Gasteiger charge is -2.05. The van der Waals surface area contributed by atoms with Gasteiger partial charge in [-0.25, -0.2) is 13.1 Å². The van der Waals surface area contributed by atoms with Gasteiger partial charge < -0.3 is 5.32 Å². The highest BCUT2D eigenvalue weighted by Crippen LogP contribution is 2.23. The minimum atomic E-state index is -3.46. The highest BCUT2D eigenvalue weighted by atomic mass is 35.5. The van der Waals surface area contributed by atoms with Gasteiger partial charge in [-0.05, 0) is 29.1 Å². The van der Waals surface area contributed by atoms with Crippen LogP contribution in [0.25, 0.3) is 0 Å². The van der Waals surface area contributed by atoms with Crippen LogP contribution in [0.5, 0.6) is 0 Å². The fourth-order valence-corrected chi connectivity index (χ4v) is 4.97. The molecule has 0 aliphatic carbocycles. The minimum Gasteiger partial charge on any atom is -0.310 e. The fourth-order valence-electron chi connectivity index (χ4n) is 1.59. The van der Waals surface area contributed by atoms with Crippen LogP contribution in [-0.4, -0.2) is 14.5 Å². The molecule has 21 heavy (non-hydrogen) atoms. The first-order chi connectivity index (χ1) is 9.87. The maximum atomic E-state index is 12.2. The molecule has 0 saturated carbocycles. The van der Waals surface area contributed by atoms with Crippen molar-refractivity contribution in [3.8, 4) is 0 Å². The summed E-state index contributed by atoms with van der Waals surface area (Å²) in [6.07, 6.45) is 0. The second-order valence-corrected chi connectivity index (χ2v) is 9.54. The Morgan fingerprint density at radius 2 is 2.05 bits per heavy atom. The van der Waals surface area contributed by atoms with Crippen molar-refractivity contribution in [2.75, 3.05) is 0 Å². The molecule has 2 aromatic heterocycles. The summed E-state index contributed by atoms with van der Waals surface area (Å²) in [6, 6.07) is 5.66. The third kappa shape index (κ3) is 5.05. The zero-order chi connectivity index (χ0) is 15.5. The summed E-state index contributed by atoms with van der Waals surface area (Å²) >= 11 is 8.43. The Bertz CT molecular complexity index is 692. The summed E-state index contributed by atoms with van der Waals surface area (Å²) in [4.78, 5) is 0.891. The van der Waals surface area contributed by atoms with E-state index in [4.69, 9.17) is 11.6 Å². The highest BCUT2D eigenvalue weighted by molar-refractivity contribution is 7.91. The third-order valence-corrected chi connectivity index (χ3v) is 6.80. The summed E-state index contributed by atoms with van der Waals surface area (Å²) in [5.74, 6) is 0. The average molecular weight is 365 g/mol. The molecule has 0 bridgehead atoms. The van der Waals surface area contributed by atoms with Gasteiger partial charge in [-0.1, -0.05) is 25.4 Å². The Kier molecular flexibility index (Phi) is 5.81. The van der Waals surface area contributed by atoms with E-state index < -0.39 is 10.0 Å². The first-order valence-electron chi connectivity index (χ1n) is 6.41. The molecule has 4 nitrogen and oxygen atoms in total. The number of sulfonamides is 1. The molecule has 2 rings (SSSR count). The van der Waals surface area contributed by atoms with E-state index in [1.165, 1.54) is 22.7 Å². The molecule has 0 aliphatic rings. The normalized spacial score (nSPS) is 12.2. The molecule has 2 N–H and O–H groups in total. The summed E-state index contributed by atoms with van der Waals surface area (Å²) in [5, 5.41) is 5.13. The van der Waals surface area contributed by atoms with Crippen LogP contribution in [0.1, 0.15) is 24.3 Å². The number of thiophene rings is 2. The maximum Gasteiger partial charge on any atom is 0.250 e. The predicted molar refractivity (Wildman–Crippen MR) is 89.6 cm³/mol. The van der Waals surface area contributed by atoms with Crippen molar-refractivity contribution in [2.24, 2.45) is 0 Å². The maximum absolute atomic E-state index is 12.2. The zero-order valence-corrected chi connectivity index (χ0v) is 14.9. The highest BCUT2D eigenvalue weighted by Gasteiger charge is 2.17. The van der Waals surface area contributed by atoms with Gasteiger partial charge in [-0.2, -0.15) is 0 Å². The number of hydrogen-bond acceptors (Lipinski definition) is 5. The zero-order valence-electron chi connectivity index (χ0n) is 11.7. The van der Waals surface area contributed by atoms with Crippen molar-refractivity contribution in [3.63, 3.8) is 0 Å². The summed E-state index contributed by atoms with van der Waals surface area (Å²) in [7, 11) is -3.46. The largest absolute Gasteiger partial charge is 0.310 e. The molecule has 0 atom stereocenters. The number of hydrogen-bond donors (Lipinski definition) is 2. The molecular weight excluding hydrogens is 348 g/mol. The van der Waals surface area contributed by atoms with Crippen molar-refractivity contribution < 1.29 is 8.42 Å². The smallest absolute Gasteiger partial charge is 0.250 e. The third-order valence-electron chi connectivity index (χ3n) is 2.67. The van der Waals surface area contributed by atoms with Crippen molar-refractivity contribution in [2.45, 2.75) is 37.2 Å². The molecule has 8 heteroatoms. The molecule has 0 amide bonds. The number of rotatable bonds is 7. The average Bonchev–Trinajstić information content (AvgIpc) is 3.03. The van der Waals surface area contributed by atoms with Gasteiger partial charge in [0.2, 0.25) is 10.0 Å². The van der Waals surface area contributed by atoms with Crippen molar-refractivity contribution >= 4 is 44.3 Å². The van der Waals surface area contributed by atoms with Gasteiger partial charge in [-0.3, -0.25) is 0 Å². The Hall–Kier alpha value is -0.440. The Labute approximate surface area is 138 Å². The van der Waals surface area contributed by atoms with Gasteiger partial charge in [0, 0.05) is 24.0 Å². The van der Waals surface area contributed by atoms with Crippen molar-refractivity contribution in [3.05, 3.63) is 38.4 Å². The Morgan fingerprint density at radius 3 is 2.67 bits per heavy atom. The first kappa shape index (κ1) is 16.9.